The maximum atomic E-state index is 11.8. The number of aryl methyl sites for hydroxylation is 3. The molecule has 0 aliphatic carbocycles. The van der Waals surface area contributed by atoms with Gasteiger partial charge in [0.25, 0.3) is 5.91 Å². The molecule has 2 heterocycles. The second-order valence-corrected chi connectivity index (χ2v) is 4.04. The fourth-order valence-corrected chi connectivity index (χ4v) is 1.71. The van der Waals surface area contributed by atoms with Crippen molar-refractivity contribution in [3.05, 3.63) is 35.6 Å². The van der Waals surface area contributed by atoms with Crippen molar-refractivity contribution < 1.29 is 9.21 Å². The second-order valence-electron chi connectivity index (χ2n) is 4.04. The van der Waals surface area contributed by atoms with Crippen LogP contribution in [0.3, 0.4) is 0 Å². The molecule has 0 bridgehead atoms. The van der Waals surface area contributed by atoms with Crippen molar-refractivity contribution in [3.63, 3.8) is 0 Å². The fraction of sp³-hybridized carbons (Fsp3) is 0.417. The minimum Gasteiger partial charge on any atom is -0.436 e. The number of H-pyrrole nitrogens is 1. The average Bonchev–Trinajstić information content (AvgIpc) is 2.94. The Morgan fingerprint density at radius 3 is 2.94 bits per heavy atom. The van der Waals surface area contributed by atoms with Gasteiger partial charge in [-0.2, -0.15) is 0 Å². The van der Waals surface area contributed by atoms with E-state index in [0.29, 0.717) is 23.9 Å². The summed E-state index contributed by atoms with van der Waals surface area (Å²) in [4.78, 5) is 23.0. The fourth-order valence-electron chi connectivity index (χ4n) is 1.71. The van der Waals surface area contributed by atoms with Gasteiger partial charge in [-0.05, 0) is 13.3 Å². The highest BCUT2D eigenvalue weighted by Crippen LogP contribution is 2.08. The van der Waals surface area contributed by atoms with Crippen molar-refractivity contribution in [2.45, 2.75) is 26.7 Å². The van der Waals surface area contributed by atoms with E-state index in [4.69, 9.17) is 4.42 Å². The first-order chi connectivity index (χ1) is 8.66. The zero-order valence-electron chi connectivity index (χ0n) is 10.5. The minimum absolute atomic E-state index is 0.215. The highest BCUT2D eigenvalue weighted by atomic mass is 16.4. The Labute approximate surface area is 105 Å². The highest BCUT2D eigenvalue weighted by Gasteiger charge is 2.14. The molecule has 2 N–H and O–H groups in total. The van der Waals surface area contributed by atoms with Crippen LogP contribution in [0.15, 0.2) is 16.8 Å². The monoisotopic (exact) mass is 248 g/mol. The molecular formula is C12H16N4O2. The van der Waals surface area contributed by atoms with Gasteiger partial charge in [0.05, 0.1) is 5.69 Å². The Bertz CT molecular complexity index is 516. The lowest BCUT2D eigenvalue weighted by Crippen LogP contribution is -2.25. The van der Waals surface area contributed by atoms with Crippen molar-refractivity contribution in [3.8, 4) is 0 Å². The van der Waals surface area contributed by atoms with E-state index in [1.165, 1.54) is 0 Å². The Morgan fingerprint density at radius 1 is 1.50 bits per heavy atom. The highest BCUT2D eigenvalue weighted by molar-refractivity contribution is 5.92. The van der Waals surface area contributed by atoms with E-state index in [-0.39, 0.29) is 5.91 Å². The van der Waals surface area contributed by atoms with Crippen molar-refractivity contribution in [1.82, 2.24) is 20.3 Å². The maximum Gasteiger partial charge on any atom is 0.289 e. The Kier molecular flexibility index (Phi) is 3.76. The Morgan fingerprint density at radius 2 is 2.33 bits per heavy atom. The first-order valence-electron chi connectivity index (χ1n) is 5.87. The predicted molar refractivity (Wildman–Crippen MR) is 65.2 cm³/mol. The molecule has 6 nitrogen and oxygen atoms in total. The molecule has 0 aromatic carbocycles. The van der Waals surface area contributed by atoms with Crippen LogP contribution in [0.1, 0.15) is 34.4 Å². The molecular weight excluding hydrogens is 232 g/mol. The SMILES string of the molecule is Cc1nc(C)c(C(=O)NCCCc2ncc[nH]2)o1. The number of aromatic amines is 1. The lowest BCUT2D eigenvalue weighted by molar-refractivity contribution is 0.0923. The normalized spacial score (nSPS) is 10.6. The van der Waals surface area contributed by atoms with Gasteiger partial charge in [0, 0.05) is 32.3 Å². The number of carbonyl (C=O) groups is 1. The van der Waals surface area contributed by atoms with Gasteiger partial charge < -0.3 is 14.7 Å². The van der Waals surface area contributed by atoms with Crippen molar-refractivity contribution in [2.24, 2.45) is 0 Å². The lowest BCUT2D eigenvalue weighted by Gasteiger charge is -2.02. The van der Waals surface area contributed by atoms with Gasteiger partial charge in [0.15, 0.2) is 5.89 Å². The third-order valence-electron chi connectivity index (χ3n) is 2.54. The van der Waals surface area contributed by atoms with Gasteiger partial charge in [-0.15, -0.1) is 0 Å². The molecule has 0 spiro atoms. The molecule has 0 atom stereocenters. The summed E-state index contributed by atoms with van der Waals surface area (Å²) < 4.78 is 5.24. The number of hydrogen-bond acceptors (Lipinski definition) is 4. The second kappa shape index (κ2) is 5.48. The van der Waals surface area contributed by atoms with Gasteiger partial charge >= 0.3 is 0 Å². The molecule has 18 heavy (non-hydrogen) atoms. The number of hydrogen-bond donors (Lipinski definition) is 2. The quantitative estimate of drug-likeness (QED) is 0.783. The van der Waals surface area contributed by atoms with E-state index >= 15 is 0 Å². The minimum atomic E-state index is -0.215. The first kappa shape index (κ1) is 12.3. The van der Waals surface area contributed by atoms with Gasteiger partial charge in [-0.1, -0.05) is 0 Å². The van der Waals surface area contributed by atoms with Crippen LogP contribution in [0.25, 0.3) is 0 Å². The first-order valence-corrected chi connectivity index (χ1v) is 5.87. The summed E-state index contributed by atoms with van der Waals surface area (Å²) in [7, 11) is 0. The maximum absolute atomic E-state index is 11.8. The van der Waals surface area contributed by atoms with Crippen LogP contribution in [0.2, 0.25) is 0 Å². The molecule has 0 aliphatic rings. The molecule has 0 radical (unpaired) electrons. The zero-order chi connectivity index (χ0) is 13.0. The van der Waals surface area contributed by atoms with E-state index < -0.39 is 0 Å². The zero-order valence-corrected chi connectivity index (χ0v) is 10.5. The third kappa shape index (κ3) is 2.97. The van der Waals surface area contributed by atoms with E-state index in [1.54, 1.807) is 26.2 Å². The number of carbonyl (C=O) groups excluding carboxylic acids is 1. The van der Waals surface area contributed by atoms with Crippen molar-refractivity contribution >= 4 is 5.91 Å². The van der Waals surface area contributed by atoms with Gasteiger partial charge in [-0.3, -0.25) is 4.79 Å². The predicted octanol–water partition coefficient (Wildman–Crippen LogP) is 1.38. The molecule has 2 aromatic rings. The van der Waals surface area contributed by atoms with Crippen LogP contribution in [-0.2, 0) is 6.42 Å². The van der Waals surface area contributed by atoms with E-state index in [2.05, 4.69) is 20.3 Å². The number of aromatic nitrogens is 3. The van der Waals surface area contributed by atoms with E-state index in [9.17, 15) is 4.79 Å². The summed E-state index contributed by atoms with van der Waals surface area (Å²) >= 11 is 0. The molecule has 6 heteroatoms. The summed E-state index contributed by atoms with van der Waals surface area (Å²) in [6, 6.07) is 0. The summed E-state index contributed by atoms with van der Waals surface area (Å²) in [6.45, 7) is 4.06. The molecule has 0 aliphatic heterocycles. The number of imidazole rings is 1. The topological polar surface area (TPSA) is 83.8 Å². The average molecular weight is 248 g/mol. The van der Waals surface area contributed by atoms with Crippen LogP contribution in [0.5, 0.6) is 0 Å². The van der Waals surface area contributed by atoms with Crippen molar-refractivity contribution in [2.75, 3.05) is 6.54 Å². The number of oxazole rings is 1. The summed E-state index contributed by atoms with van der Waals surface area (Å²) in [5.41, 5.74) is 0.621. The summed E-state index contributed by atoms with van der Waals surface area (Å²) in [5.74, 6) is 1.52. The van der Waals surface area contributed by atoms with Crippen LogP contribution in [-0.4, -0.2) is 27.4 Å². The van der Waals surface area contributed by atoms with Gasteiger partial charge in [0.1, 0.15) is 5.82 Å². The molecule has 2 aromatic heterocycles. The number of nitrogens with one attached hydrogen (secondary N) is 2. The number of nitrogens with zero attached hydrogens (tertiary/aromatic N) is 2. The molecule has 2 rings (SSSR count). The summed E-state index contributed by atoms with van der Waals surface area (Å²) in [5, 5.41) is 2.80. The molecule has 0 fully saturated rings. The Balaban J connectivity index is 1.77. The Hall–Kier alpha value is -2.11. The van der Waals surface area contributed by atoms with Crippen LogP contribution >= 0.6 is 0 Å². The van der Waals surface area contributed by atoms with Gasteiger partial charge in [0.2, 0.25) is 5.76 Å². The third-order valence-corrected chi connectivity index (χ3v) is 2.54. The lowest BCUT2D eigenvalue weighted by atomic mass is 10.3. The van der Waals surface area contributed by atoms with Crippen LogP contribution < -0.4 is 5.32 Å². The van der Waals surface area contributed by atoms with Crippen LogP contribution in [0, 0.1) is 13.8 Å². The van der Waals surface area contributed by atoms with Crippen molar-refractivity contribution in [1.29, 1.82) is 0 Å². The van der Waals surface area contributed by atoms with E-state index in [0.717, 1.165) is 18.7 Å². The van der Waals surface area contributed by atoms with Crippen LogP contribution in [0.4, 0.5) is 0 Å². The smallest absolute Gasteiger partial charge is 0.289 e. The molecule has 0 saturated carbocycles. The number of amides is 1. The summed E-state index contributed by atoms with van der Waals surface area (Å²) in [6.07, 6.45) is 5.14. The standard InChI is InChI=1S/C12H16N4O2/c1-8-11(18-9(2)16-8)12(17)15-5-3-4-10-13-6-7-14-10/h6-7H,3-5H2,1-2H3,(H,13,14)(H,15,17). The number of rotatable bonds is 5. The molecule has 0 saturated heterocycles. The van der Waals surface area contributed by atoms with Gasteiger partial charge in [-0.25, -0.2) is 9.97 Å². The molecule has 0 unspecified atom stereocenters. The largest absolute Gasteiger partial charge is 0.436 e. The van der Waals surface area contributed by atoms with E-state index in [1.807, 2.05) is 0 Å². The molecule has 1 amide bonds. The molecule has 96 valence electrons.